The monoisotopic (exact) mass is 437 g/mol. The lowest BCUT2D eigenvalue weighted by molar-refractivity contribution is -0.137. The number of nitrogens with one attached hydrogen (secondary N) is 1. The third-order valence-electron chi connectivity index (χ3n) is 4.92. The first-order valence-corrected chi connectivity index (χ1v) is 9.51. The molecule has 0 unspecified atom stereocenters. The van der Waals surface area contributed by atoms with Crippen LogP contribution in [0.15, 0.2) is 36.7 Å². The van der Waals surface area contributed by atoms with Crippen molar-refractivity contribution in [1.29, 1.82) is 0 Å². The van der Waals surface area contributed by atoms with Crippen molar-refractivity contribution in [2.24, 2.45) is 5.92 Å². The molecule has 0 spiro atoms. The molecule has 3 rings (SSSR count). The lowest BCUT2D eigenvalue weighted by Crippen LogP contribution is -2.42. The van der Waals surface area contributed by atoms with E-state index in [4.69, 9.17) is 4.74 Å². The van der Waals surface area contributed by atoms with Crippen molar-refractivity contribution in [3.63, 3.8) is 0 Å². The van der Waals surface area contributed by atoms with Crippen LogP contribution in [0, 0.1) is 5.92 Å². The van der Waals surface area contributed by atoms with Crippen LogP contribution in [0.5, 0.6) is 5.75 Å². The van der Waals surface area contributed by atoms with Crippen molar-refractivity contribution in [2.75, 3.05) is 30.4 Å². The molecule has 31 heavy (non-hydrogen) atoms. The summed E-state index contributed by atoms with van der Waals surface area (Å²) in [4.78, 5) is 36.3. The van der Waals surface area contributed by atoms with Crippen LogP contribution in [-0.2, 0) is 11.0 Å². The third kappa shape index (κ3) is 5.04. The van der Waals surface area contributed by atoms with Gasteiger partial charge in [-0.15, -0.1) is 0 Å². The van der Waals surface area contributed by atoms with Crippen LogP contribution in [0.3, 0.4) is 0 Å². The predicted molar refractivity (Wildman–Crippen MR) is 107 cm³/mol. The molecule has 1 fully saturated rings. The second-order valence-electron chi connectivity index (χ2n) is 7.36. The number of ether oxygens (including phenoxy) is 1. The molecule has 0 aromatic carbocycles. The minimum absolute atomic E-state index is 0.0340. The van der Waals surface area contributed by atoms with Crippen LogP contribution in [0.4, 0.5) is 29.6 Å². The van der Waals surface area contributed by atoms with E-state index in [0.29, 0.717) is 18.1 Å². The first kappa shape index (κ1) is 22.3. The van der Waals surface area contributed by atoms with Crippen molar-refractivity contribution in [3.05, 3.63) is 42.2 Å². The smallest absolute Gasteiger partial charge is 0.416 e. The van der Waals surface area contributed by atoms with Gasteiger partial charge in [0.15, 0.2) is 0 Å². The Morgan fingerprint density at radius 2 is 2.03 bits per heavy atom. The Morgan fingerprint density at radius 1 is 1.29 bits per heavy atom. The summed E-state index contributed by atoms with van der Waals surface area (Å²) in [6, 6.07) is 4.18. The fourth-order valence-electron chi connectivity index (χ4n) is 3.27. The number of halogens is 3. The molecule has 0 bridgehead atoms. The summed E-state index contributed by atoms with van der Waals surface area (Å²) in [6.45, 7) is 3.83. The molecule has 166 valence electrons. The molecule has 2 aromatic heterocycles. The van der Waals surface area contributed by atoms with E-state index >= 15 is 0 Å². The molecule has 0 radical (unpaired) electrons. The summed E-state index contributed by atoms with van der Waals surface area (Å²) in [7, 11) is 1.51. The van der Waals surface area contributed by atoms with E-state index in [0.717, 1.165) is 18.3 Å². The Hall–Kier alpha value is -3.37. The molecular weight excluding hydrogens is 415 g/mol. The van der Waals surface area contributed by atoms with Gasteiger partial charge in [0.2, 0.25) is 5.91 Å². The summed E-state index contributed by atoms with van der Waals surface area (Å²) in [5.41, 5.74) is -0.924. The molecule has 2 aromatic rings. The third-order valence-corrected chi connectivity index (χ3v) is 4.92. The van der Waals surface area contributed by atoms with E-state index in [-0.39, 0.29) is 24.3 Å². The molecule has 1 atom stereocenters. The summed E-state index contributed by atoms with van der Waals surface area (Å²) < 4.78 is 43.7. The summed E-state index contributed by atoms with van der Waals surface area (Å²) in [5, 5.41) is 2.34. The first-order chi connectivity index (χ1) is 14.6. The number of anilines is 2. The highest BCUT2D eigenvalue weighted by Crippen LogP contribution is 2.30. The number of hydrogen-bond acceptors (Lipinski definition) is 5. The summed E-state index contributed by atoms with van der Waals surface area (Å²) in [6.07, 6.45) is -2.10. The number of urea groups is 1. The van der Waals surface area contributed by atoms with Crippen LogP contribution in [-0.4, -0.2) is 53.0 Å². The lowest BCUT2D eigenvalue weighted by Gasteiger charge is -2.25. The second-order valence-corrected chi connectivity index (χ2v) is 7.36. The molecule has 1 aliphatic heterocycles. The van der Waals surface area contributed by atoms with Crippen molar-refractivity contribution in [1.82, 2.24) is 14.9 Å². The number of pyridine rings is 2. The zero-order chi connectivity index (χ0) is 22.8. The maximum atomic E-state index is 13.0. The van der Waals surface area contributed by atoms with Gasteiger partial charge in [-0.2, -0.15) is 13.2 Å². The van der Waals surface area contributed by atoms with Gasteiger partial charge in [-0.3, -0.25) is 9.69 Å². The normalized spacial score (nSPS) is 16.7. The fraction of sp³-hybridized carbons (Fsp3) is 0.400. The van der Waals surface area contributed by atoms with E-state index in [1.165, 1.54) is 23.1 Å². The largest absolute Gasteiger partial charge is 0.495 e. The molecule has 0 aliphatic carbocycles. The van der Waals surface area contributed by atoms with Crippen LogP contribution >= 0.6 is 0 Å². The molecule has 0 saturated carbocycles. The van der Waals surface area contributed by atoms with Gasteiger partial charge in [0.05, 0.1) is 24.9 Å². The van der Waals surface area contributed by atoms with Crippen LogP contribution < -0.4 is 15.0 Å². The van der Waals surface area contributed by atoms with E-state index in [1.807, 2.05) is 13.8 Å². The Labute approximate surface area is 177 Å². The van der Waals surface area contributed by atoms with Gasteiger partial charge in [-0.25, -0.2) is 14.8 Å². The molecule has 1 saturated heterocycles. The van der Waals surface area contributed by atoms with Crippen LogP contribution in [0.1, 0.15) is 19.4 Å². The number of nitrogens with zero attached hydrogens (tertiary/aromatic N) is 4. The lowest BCUT2D eigenvalue weighted by atomic mass is 10.0. The number of amides is 3. The second kappa shape index (κ2) is 8.78. The van der Waals surface area contributed by atoms with Crippen molar-refractivity contribution in [2.45, 2.75) is 26.1 Å². The average Bonchev–Trinajstić information content (AvgIpc) is 3.04. The summed E-state index contributed by atoms with van der Waals surface area (Å²) in [5.74, 6) is 0.114. The predicted octanol–water partition coefficient (Wildman–Crippen LogP) is 3.41. The summed E-state index contributed by atoms with van der Waals surface area (Å²) >= 11 is 0. The van der Waals surface area contributed by atoms with Gasteiger partial charge in [-0.05, 0) is 30.2 Å². The van der Waals surface area contributed by atoms with Gasteiger partial charge >= 0.3 is 12.2 Å². The highest BCUT2D eigenvalue weighted by atomic mass is 19.4. The van der Waals surface area contributed by atoms with Crippen LogP contribution in [0.2, 0.25) is 0 Å². The maximum absolute atomic E-state index is 13.0. The topological polar surface area (TPSA) is 87.7 Å². The number of methoxy groups -OCH3 is 1. The fourth-order valence-corrected chi connectivity index (χ4v) is 3.27. The van der Waals surface area contributed by atoms with Gasteiger partial charge in [0.1, 0.15) is 23.9 Å². The van der Waals surface area contributed by atoms with Crippen molar-refractivity contribution in [3.8, 4) is 5.75 Å². The van der Waals surface area contributed by atoms with E-state index < -0.39 is 23.7 Å². The van der Waals surface area contributed by atoms with E-state index in [9.17, 15) is 22.8 Å². The molecule has 3 amide bonds. The number of carbonyl (C=O) groups is 2. The Morgan fingerprint density at radius 3 is 2.61 bits per heavy atom. The van der Waals surface area contributed by atoms with Gasteiger partial charge < -0.3 is 15.0 Å². The molecule has 3 heterocycles. The Kier molecular flexibility index (Phi) is 6.32. The molecule has 1 aliphatic rings. The van der Waals surface area contributed by atoms with Gasteiger partial charge in [0.25, 0.3) is 0 Å². The zero-order valence-corrected chi connectivity index (χ0v) is 17.2. The minimum atomic E-state index is -4.55. The number of carbonyl (C=O) groups excluding carboxylic acids is 2. The number of alkyl halides is 3. The SMILES string of the molecule is COc1ccc(N2C[C@H](C(C)C)N(CC(=O)Nc3cc(C(F)(F)F)ccn3)C2=O)nc1. The maximum Gasteiger partial charge on any atom is 0.416 e. The average molecular weight is 437 g/mol. The number of hydrogen-bond donors (Lipinski definition) is 1. The van der Waals surface area contributed by atoms with Gasteiger partial charge in [0, 0.05) is 12.7 Å². The van der Waals surface area contributed by atoms with Gasteiger partial charge in [-0.1, -0.05) is 13.8 Å². The quantitative estimate of drug-likeness (QED) is 0.749. The Balaban J connectivity index is 1.74. The van der Waals surface area contributed by atoms with Crippen molar-refractivity contribution < 1.29 is 27.5 Å². The van der Waals surface area contributed by atoms with Crippen molar-refractivity contribution >= 4 is 23.6 Å². The highest BCUT2D eigenvalue weighted by molar-refractivity contribution is 5.99. The van der Waals surface area contributed by atoms with E-state index in [1.54, 1.807) is 12.1 Å². The molecule has 8 nitrogen and oxygen atoms in total. The number of aromatic nitrogens is 2. The first-order valence-electron chi connectivity index (χ1n) is 9.51. The van der Waals surface area contributed by atoms with Crippen LogP contribution in [0.25, 0.3) is 0 Å². The zero-order valence-electron chi connectivity index (χ0n) is 17.2. The molecule has 1 N–H and O–H groups in total. The standard InChI is InChI=1S/C20H22F3N5O3/c1-12(2)15-10-28(17-5-4-14(31-3)9-25-17)19(30)27(15)11-18(29)26-16-8-13(6-7-24-16)20(21,22)23/h4-9,12,15H,10-11H2,1-3H3,(H,24,26,29)/t15-/m1/s1. The molecular formula is C20H22F3N5O3. The Bertz CT molecular complexity index is 950. The highest BCUT2D eigenvalue weighted by Gasteiger charge is 2.41. The van der Waals surface area contributed by atoms with E-state index in [2.05, 4.69) is 15.3 Å². The molecule has 11 heteroatoms. The number of rotatable bonds is 6. The minimum Gasteiger partial charge on any atom is -0.495 e.